The first kappa shape index (κ1) is 17.9. The minimum Gasteiger partial charge on any atom is -0.394 e. The Bertz CT molecular complexity index is 353. The molecule has 0 amide bonds. The summed E-state index contributed by atoms with van der Waals surface area (Å²) in [5.74, 6) is 0. The predicted octanol–water partition coefficient (Wildman–Crippen LogP) is -4.37. The predicted molar refractivity (Wildman–Crippen MR) is 67.2 cm³/mol. The van der Waals surface area contributed by atoms with Crippen molar-refractivity contribution >= 4 is 0 Å². The first-order chi connectivity index (χ1) is 10.4. The monoisotopic (exact) mass is 326 g/mol. The maximum atomic E-state index is 9.92. The van der Waals surface area contributed by atoms with E-state index in [4.69, 9.17) is 19.3 Å². The summed E-state index contributed by atoms with van der Waals surface area (Å²) in [6.45, 7) is -1.17. The summed E-state index contributed by atoms with van der Waals surface area (Å²) in [5, 5.41) is 66.8. The number of ether oxygens (including phenoxy) is 3. The maximum absolute atomic E-state index is 9.92. The zero-order valence-electron chi connectivity index (χ0n) is 11.7. The third-order valence-electron chi connectivity index (χ3n) is 3.84. The van der Waals surface area contributed by atoms with Crippen molar-refractivity contribution in [3.8, 4) is 0 Å². The summed E-state index contributed by atoms with van der Waals surface area (Å²) < 4.78 is 15.5. The molecule has 0 aliphatic carbocycles. The lowest BCUT2D eigenvalue weighted by Gasteiger charge is -2.44. The van der Waals surface area contributed by atoms with Gasteiger partial charge in [0.05, 0.1) is 19.3 Å². The number of hydrogen-bond donors (Lipinski definition) is 7. The quantitative estimate of drug-likeness (QED) is 0.268. The van der Waals surface area contributed by atoms with Crippen LogP contribution >= 0.6 is 0 Å². The first-order valence-electron chi connectivity index (χ1n) is 6.97. The molecule has 0 spiro atoms. The van der Waals surface area contributed by atoms with Crippen molar-refractivity contribution in [1.29, 1.82) is 0 Å². The van der Waals surface area contributed by atoms with Gasteiger partial charge in [-0.1, -0.05) is 0 Å². The summed E-state index contributed by atoms with van der Waals surface area (Å²) in [5.41, 5.74) is 0. The van der Waals surface area contributed by atoms with Crippen molar-refractivity contribution in [3.63, 3.8) is 0 Å². The van der Waals surface area contributed by atoms with Gasteiger partial charge in [0.1, 0.15) is 36.6 Å². The molecule has 0 radical (unpaired) electrons. The lowest BCUT2D eigenvalue weighted by molar-refractivity contribution is -0.342. The molecule has 0 aromatic carbocycles. The van der Waals surface area contributed by atoms with E-state index in [0.717, 1.165) is 0 Å². The van der Waals surface area contributed by atoms with Crippen LogP contribution in [0.15, 0.2) is 0 Å². The molecule has 4 unspecified atom stereocenters. The molecule has 2 fully saturated rings. The van der Waals surface area contributed by atoms with E-state index >= 15 is 0 Å². The second-order valence-corrected chi connectivity index (χ2v) is 5.41. The van der Waals surface area contributed by atoms with E-state index in [1.807, 2.05) is 0 Å². The number of hydrogen-bond acceptors (Lipinski definition) is 10. The summed E-state index contributed by atoms with van der Waals surface area (Å²) in [6, 6.07) is 0. The molecule has 9 atom stereocenters. The van der Waals surface area contributed by atoms with Crippen LogP contribution in [0.5, 0.6) is 0 Å². The van der Waals surface area contributed by atoms with Gasteiger partial charge in [-0.3, -0.25) is 0 Å². The Morgan fingerprint density at radius 2 is 1.45 bits per heavy atom. The molecular weight excluding hydrogens is 304 g/mol. The van der Waals surface area contributed by atoms with E-state index < -0.39 is 68.5 Å². The van der Waals surface area contributed by atoms with Gasteiger partial charge in [-0.2, -0.15) is 0 Å². The Hall–Kier alpha value is -0.400. The van der Waals surface area contributed by atoms with Gasteiger partial charge in [-0.25, -0.2) is 0 Å². The van der Waals surface area contributed by atoms with E-state index in [1.54, 1.807) is 0 Å². The Kier molecular flexibility index (Phi) is 6.07. The average Bonchev–Trinajstić information content (AvgIpc) is 2.49. The molecule has 0 bridgehead atoms. The highest BCUT2D eigenvalue weighted by Crippen LogP contribution is 2.28. The standard InChI is InChI=1S/C12H22O10/c13-2-5-8(17)9(18)10(19)12(21-5)22-11-4(15)1-7(16)20-6(11)3-14/h4-19H,1-3H2/t4-,5?,6?,7?,8+,9+,10?,11-,12+/m1/s1. The van der Waals surface area contributed by atoms with Crippen LogP contribution in [0.2, 0.25) is 0 Å². The van der Waals surface area contributed by atoms with Crippen molar-refractivity contribution in [2.24, 2.45) is 0 Å². The smallest absolute Gasteiger partial charge is 0.187 e. The van der Waals surface area contributed by atoms with Gasteiger partial charge in [0, 0.05) is 6.42 Å². The second kappa shape index (κ2) is 7.45. The van der Waals surface area contributed by atoms with Gasteiger partial charge in [-0.15, -0.1) is 0 Å². The summed E-state index contributed by atoms with van der Waals surface area (Å²) in [7, 11) is 0. The summed E-state index contributed by atoms with van der Waals surface area (Å²) in [6.07, 6.45) is -12.2. The largest absolute Gasteiger partial charge is 0.394 e. The summed E-state index contributed by atoms with van der Waals surface area (Å²) >= 11 is 0. The molecule has 130 valence electrons. The Balaban J connectivity index is 2.07. The molecule has 22 heavy (non-hydrogen) atoms. The van der Waals surface area contributed by atoms with Crippen LogP contribution in [0.25, 0.3) is 0 Å². The van der Waals surface area contributed by atoms with Gasteiger partial charge >= 0.3 is 0 Å². The van der Waals surface area contributed by atoms with Crippen LogP contribution in [0.1, 0.15) is 6.42 Å². The molecule has 2 rings (SSSR count). The third kappa shape index (κ3) is 3.57. The van der Waals surface area contributed by atoms with Gasteiger partial charge in [0.25, 0.3) is 0 Å². The van der Waals surface area contributed by atoms with E-state index in [9.17, 15) is 30.6 Å². The molecule has 0 saturated carbocycles. The summed E-state index contributed by atoms with van der Waals surface area (Å²) in [4.78, 5) is 0. The zero-order chi connectivity index (χ0) is 16.4. The highest BCUT2D eigenvalue weighted by Gasteiger charge is 2.47. The van der Waals surface area contributed by atoms with E-state index in [0.29, 0.717) is 0 Å². The van der Waals surface area contributed by atoms with Crippen LogP contribution in [0.3, 0.4) is 0 Å². The molecular formula is C12H22O10. The fourth-order valence-electron chi connectivity index (χ4n) is 2.58. The van der Waals surface area contributed by atoms with Crippen molar-refractivity contribution in [2.75, 3.05) is 13.2 Å². The van der Waals surface area contributed by atoms with Gasteiger partial charge < -0.3 is 50.0 Å². The Morgan fingerprint density at radius 1 is 0.818 bits per heavy atom. The Morgan fingerprint density at radius 3 is 2.05 bits per heavy atom. The van der Waals surface area contributed by atoms with Crippen molar-refractivity contribution in [1.82, 2.24) is 0 Å². The normalized spacial score (nSPS) is 50.0. The second-order valence-electron chi connectivity index (χ2n) is 5.41. The molecule has 2 heterocycles. The third-order valence-corrected chi connectivity index (χ3v) is 3.84. The fourth-order valence-corrected chi connectivity index (χ4v) is 2.58. The molecule has 10 heteroatoms. The van der Waals surface area contributed by atoms with Gasteiger partial charge in [-0.05, 0) is 0 Å². The van der Waals surface area contributed by atoms with Crippen LogP contribution in [0.4, 0.5) is 0 Å². The lowest BCUT2D eigenvalue weighted by Crippen LogP contribution is -2.62. The highest BCUT2D eigenvalue weighted by molar-refractivity contribution is 4.91. The molecule has 2 saturated heterocycles. The molecule has 10 nitrogen and oxygen atoms in total. The number of rotatable bonds is 4. The topological polar surface area (TPSA) is 169 Å². The van der Waals surface area contributed by atoms with E-state index in [-0.39, 0.29) is 6.42 Å². The number of aliphatic hydroxyl groups excluding tert-OH is 7. The molecule has 7 N–H and O–H groups in total. The zero-order valence-corrected chi connectivity index (χ0v) is 11.7. The maximum Gasteiger partial charge on any atom is 0.187 e. The van der Waals surface area contributed by atoms with E-state index in [2.05, 4.69) is 0 Å². The van der Waals surface area contributed by atoms with Crippen LogP contribution in [-0.2, 0) is 14.2 Å². The first-order valence-corrected chi connectivity index (χ1v) is 6.97. The minimum absolute atomic E-state index is 0.168. The fraction of sp³-hybridized carbons (Fsp3) is 1.00. The van der Waals surface area contributed by atoms with Crippen LogP contribution < -0.4 is 0 Å². The minimum atomic E-state index is -1.63. The van der Waals surface area contributed by atoms with E-state index in [1.165, 1.54) is 0 Å². The average molecular weight is 326 g/mol. The number of aliphatic hydroxyl groups is 7. The Labute approximate surface area is 126 Å². The van der Waals surface area contributed by atoms with Crippen LogP contribution in [0, 0.1) is 0 Å². The lowest BCUT2D eigenvalue weighted by atomic mass is 9.98. The highest BCUT2D eigenvalue weighted by atomic mass is 16.7. The van der Waals surface area contributed by atoms with Gasteiger partial charge in [0.15, 0.2) is 12.6 Å². The molecule has 2 aliphatic rings. The van der Waals surface area contributed by atoms with Crippen molar-refractivity contribution in [2.45, 2.75) is 61.7 Å². The van der Waals surface area contributed by atoms with Crippen molar-refractivity contribution < 1.29 is 50.0 Å². The van der Waals surface area contributed by atoms with Crippen LogP contribution in [-0.4, -0.2) is 104 Å². The molecule has 0 aromatic heterocycles. The SMILES string of the molecule is OCC1O[C@@H](O[C@H]2C(CO)OC(O)C[C@H]2O)C(O)[C@@H](O)[C@H]1O. The van der Waals surface area contributed by atoms with Crippen molar-refractivity contribution in [3.05, 3.63) is 0 Å². The molecule has 2 aliphatic heterocycles. The molecule has 0 aromatic rings. The van der Waals surface area contributed by atoms with Gasteiger partial charge in [0.2, 0.25) is 0 Å².